The van der Waals surface area contributed by atoms with Crippen molar-refractivity contribution in [1.29, 1.82) is 0 Å². The summed E-state index contributed by atoms with van der Waals surface area (Å²) in [5.41, 5.74) is 15.2. The molecule has 1 aromatic carbocycles. The Labute approximate surface area is 153 Å². The second-order valence-corrected chi connectivity index (χ2v) is 8.08. The Morgan fingerprint density at radius 1 is 1.12 bits per heavy atom. The molecule has 1 saturated heterocycles. The largest absolute Gasteiger partial charge is 0.368 e. The van der Waals surface area contributed by atoms with E-state index >= 15 is 0 Å². The van der Waals surface area contributed by atoms with Gasteiger partial charge >= 0.3 is 0 Å². The SMILES string of the molecule is Cc1cc(C2(N)CC(N)C2)ccc1N1CC(C)N(C(F)C(F)F)C(C)C1. The zero-order valence-corrected chi connectivity index (χ0v) is 15.6. The van der Waals surface area contributed by atoms with Gasteiger partial charge in [0.1, 0.15) is 0 Å². The van der Waals surface area contributed by atoms with Crippen LogP contribution in [0.3, 0.4) is 0 Å². The number of piperazine rings is 1. The Morgan fingerprint density at radius 3 is 2.15 bits per heavy atom. The molecule has 146 valence electrons. The van der Waals surface area contributed by atoms with Crippen LogP contribution in [0.2, 0.25) is 0 Å². The van der Waals surface area contributed by atoms with Crippen LogP contribution in [0.4, 0.5) is 18.9 Å². The summed E-state index contributed by atoms with van der Waals surface area (Å²) < 4.78 is 39.5. The van der Waals surface area contributed by atoms with Crippen molar-refractivity contribution >= 4 is 5.69 Å². The molecule has 0 spiro atoms. The molecule has 1 saturated carbocycles. The van der Waals surface area contributed by atoms with E-state index in [1.165, 1.54) is 4.90 Å². The Balaban J connectivity index is 1.76. The smallest absolute Gasteiger partial charge is 0.282 e. The summed E-state index contributed by atoms with van der Waals surface area (Å²) >= 11 is 0. The summed E-state index contributed by atoms with van der Waals surface area (Å²) in [5, 5.41) is 0. The number of aryl methyl sites for hydroxylation is 1. The Bertz CT molecular complexity index is 636. The lowest BCUT2D eigenvalue weighted by atomic mass is 9.69. The molecule has 3 unspecified atom stereocenters. The molecule has 1 heterocycles. The second kappa shape index (κ2) is 7.02. The highest BCUT2D eigenvalue weighted by Crippen LogP contribution is 2.39. The van der Waals surface area contributed by atoms with Crippen LogP contribution in [0.25, 0.3) is 0 Å². The summed E-state index contributed by atoms with van der Waals surface area (Å²) in [7, 11) is 0. The van der Waals surface area contributed by atoms with Gasteiger partial charge in [-0.2, -0.15) is 0 Å². The van der Waals surface area contributed by atoms with E-state index in [1.807, 2.05) is 19.1 Å². The van der Waals surface area contributed by atoms with Crippen molar-refractivity contribution in [2.75, 3.05) is 18.0 Å². The molecule has 7 heteroatoms. The van der Waals surface area contributed by atoms with Gasteiger partial charge in [0.15, 0.2) is 0 Å². The van der Waals surface area contributed by atoms with E-state index in [-0.39, 0.29) is 23.7 Å². The summed E-state index contributed by atoms with van der Waals surface area (Å²) in [6.45, 7) is 6.64. The molecule has 2 aliphatic rings. The topological polar surface area (TPSA) is 58.5 Å². The molecule has 0 radical (unpaired) electrons. The van der Waals surface area contributed by atoms with Gasteiger partial charge in [-0.1, -0.05) is 12.1 Å². The Hall–Kier alpha value is -1.31. The van der Waals surface area contributed by atoms with E-state index in [0.717, 1.165) is 29.7 Å². The number of rotatable bonds is 4. The third-order valence-corrected chi connectivity index (χ3v) is 5.85. The maximum absolute atomic E-state index is 13.9. The highest BCUT2D eigenvalue weighted by molar-refractivity contribution is 5.56. The first-order chi connectivity index (χ1) is 12.1. The van der Waals surface area contributed by atoms with Crippen LogP contribution >= 0.6 is 0 Å². The average Bonchev–Trinajstić information content (AvgIpc) is 2.52. The highest BCUT2D eigenvalue weighted by atomic mass is 19.3. The summed E-state index contributed by atoms with van der Waals surface area (Å²) in [4.78, 5) is 3.44. The van der Waals surface area contributed by atoms with E-state index in [0.29, 0.717) is 13.1 Å². The molecule has 1 aromatic rings. The fraction of sp³-hybridized carbons (Fsp3) is 0.684. The quantitative estimate of drug-likeness (QED) is 0.800. The Kier molecular flexibility index (Phi) is 5.25. The van der Waals surface area contributed by atoms with Crippen LogP contribution in [0, 0.1) is 6.92 Å². The minimum atomic E-state index is -2.98. The molecule has 26 heavy (non-hydrogen) atoms. The van der Waals surface area contributed by atoms with Gasteiger partial charge < -0.3 is 16.4 Å². The second-order valence-electron chi connectivity index (χ2n) is 8.08. The Morgan fingerprint density at radius 2 is 1.69 bits per heavy atom. The molecule has 0 amide bonds. The molecule has 0 aromatic heterocycles. The number of alkyl halides is 3. The lowest BCUT2D eigenvalue weighted by molar-refractivity contribution is -0.0863. The van der Waals surface area contributed by atoms with Gasteiger partial charge in [0.05, 0.1) is 0 Å². The van der Waals surface area contributed by atoms with Gasteiger partial charge in [-0.05, 0) is 50.8 Å². The minimum Gasteiger partial charge on any atom is -0.368 e. The fourth-order valence-electron chi connectivity index (χ4n) is 4.58. The number of nitrogens with zero attached hydrogens (tertiary/aromatic N) is 2. The first-order valence-corrected chi connectivity index (χ1v) is 9.22. The molecule has 0 bridgehead atoms. The van der Waals surface area contributed by atoms with Crippen molar-refractivity contribution in [2.24, 2.45) is 11.5 Å². The van der Waals surface area contributed by atoms with Crippen LogP contribution in [-0.4, -0.2) is 48.8 Å². The van der Waals surface area contributed by atoms with Crippen molar-refractivity contribution in [3.63, 3.8) is 0 Å². The van der Waals surface area contributed by atoms with Gasteiger partial charge in [-0.3, -0.25) is 4.90 Å². The van der Waals surface area contributed by atoms with Gasteiger partial charge in [-0.15, -0.1) is 0 Å². The number of nitrogens with two attached hydrogens (primary N) is 2. The van der Waals surface area contributed by atoms with Crippen LogP contribution < -0.4 is 16.4 Å². The van der Waals surface area contributed by atoms with E-state index in [4.69, 9.17) is 11.5 Å². The molecule has 3 atom stereocenters. The molecule has 3 rings (SSSR count). The lowest BCUT2D eigenvalue weighted by Gasteiger charge is -2.47. The van der Waals surface area contributed by atoms with Crippen molar-refractivity contribution in [2.45, 2.75) is 70.0 Å². The molecule has 2 fully saturated rings. The molecule has 1 aliphatic heterocycles. The van der Waals surface area contributed by atoms with Crippen molar-refractivity contribution in [1.82, 2.24) is 4.90 Å². The maximum atomic E-state index is 13.9. The van der Waals surface area contributed by atoms with Crippen molar-refractivity contribution in [3.05, 3.63) is 29.3 Å². The standard InChI is InChI=1S/C19H29F3N4/c1-11-6-14(19(24)7-15(23)8-19)4-5-16(11)25-9-12(2)26(13(3)10-25)18(22)17(20)21/h4-6,12-13,15,17-18H,7-10,23-24H2,1-3H3. The fourth-order valence-corrected chi connectivity index (χ4v) is 4.58. The molecule has 1 aliphatic carbocycles. The molecule has 4 nitrogen and oxygen atoms in total. The predicted octanol–water partition coefficient (Wildman–Crippen LogP) is 2.73. The van der Waals surface area contributed by atoms with Gasteiger partial charge in [0, 0.05) is 42.4 Å². The summed E-state index contributed by atoms with van der Waals surface area (Å²) in [5.74, 6) is 0. The van der Waals surface area contributed by atoms with Crippen LogP contribution in [0.5, 0.6) is 0 Å². The zero-order chi connectivity index (χ0) is 19.2. The van der Waals surface area contributed by atoms with Crippen LogP contribution in [-0.2, 0) is 5.54 Å². The molecular weight excluding hydrogens is 341 g/mol. The first kappa shape index (κ1) is 19.5. The van der Waals surface area contributed by atoms with Crippen LogP contribution in [0.15, 0.2) is 18.2 Å². The first-order valence-electron chi connectivity index (χ1n) is 9.22. The summed E-state index contributed by atoms with van der Waals surface area (Å²) in [6.07, 6.45) is -3.64. The lowest BCUT2D eigenvalue weighted by Crippen LogP contribution is -2.60. The summed E-state index contributed by atoms with van der Waals surface area (Å²) in [6, 6.07) is 5.74. The number of hydrogen-bond acceptors (Lipinski definition) is 4. The normalized spacial score (nSPS) is 34.0. The number of anilines is 1. The van der Waals surface area contributed by atoms with Crippen molar-refractivity contribution in [3.8, 4) is 0 Å². The van der Waals surface area contributed by atoms with Crippen molar-refractivity contribution < 1.29 is 13.2 Å². The third-order valence-electron chi connectivity index (χ3n) is 5.85. The number of benzene rings is 1. The van der Waals surface area contributed by atoms with E-state index in [1.54, 1.807) is 13.8 Å². The highest BCUT2D eigenvalue weighted by Gasteiger charge is 2.41. The van der Waals surface area contributed by atoms with Gasteiger partial charge in [-0.25, -0.2) is 13.2 Å². The predicted molar refractivity (Wildman–Crippen MR) is 98.1 cm³/mol. The number of hydrogen-bond donors (Lipinski definition) is 2. The van der Waals surface area contributed by atoms with Gasteiger partial charge in [0.25, 0.3) is 6.43 Å². The van der Waals surface area contributed by atoms with E-state index in [2.05, 4.69) is 11.0 Å². The molecular formula is C19H29F3N4. The van der Waals surface area contributed by atoms with Crippen LogP contribution in [0.1, 0.15) is 37.8 Å². The van der Waals surface area contributed by atoms with E-state index < -0.39 is 12.7 Å². The number of halogens is 3. The average molecular weight is 370 g/mol. The third kappa shape index (κ3) is 3.44. The molecule has 4 N–H and O–H groups in total. The zero-order valence-electron chi connectivity index (χ0n) is 15.6. The van der Waals surface area contributed by atoms with Gasteiger partial charge in [0.2, 0.25) is 6.30 Å². The monoisotopic (exact) mass is 370 g/mol. The maximum Gasteiger partial charge on any atom is 0.282 e. The van der Waals surface area contributed by atoms with E-state index in [9.17, 15) is 13.2 Å². The minimum absolute atomic E-state index is 0.165.